The van der Waals surface area contributed by atoms with Gasteiger partial charge in [-0.3, -0.25) is 5.41 Å². The standard InChI is InChI=1S/C15H16N4O2/c1-2-10-14(8-17)12-19-11(18)13(14,7-16)9-5-3-4-6-15(9,20-10)21-12/h9-10,18H,2-6H2,1H3. The number of hydrogen-bond acceptors (Lipinski definition) is 5. The van der Waals surface area contributed by atoms with E-state index in [1.807, 2.05) is 6.92 Å². The van der Waals surface area contributed by atoms with Crippen LogP contribution in [0.25, 0.3) is 0 Å². The van der Waals surface area contributed by atoms with E-state index in [1.165, 1.54) is 0 Å². The van der Waals surface area contributed by atoms with Crippen LogP contribution in [0.5, 0.6) is 0 Å². The van der Waals surface area contributed by atoms with Crippen LogP contribution in [0.3, 0.4) is 0 Å². The van der Waals surface area contributed by atoms with Crippen molar-refractivity contribution in [1.82, 2.24) is 0 Å². The van der Waals surface area contributed by atoms with Gasteiger partial charge in [-0.05, 0) is 19.3 Å². The average molecular weight is 284 g/mol. The van der Waals surface area contributed by atoms with E-state index in [1.54, 1.807) is 0 Å². The molecule has 5 unspecified atom stereocenters. The van der Waals surface area contributed by atoms with Crippen molar-refractivity contribution >= 4 is 11.7 Å². The number of rotatable bonds is 1. The second-order valence-corrected chi connectivity index (χ2v) is 6.33. The topological polar surface area (TPSA) is 102 Å². The van der Waals surface area contributed by atoms with Gasteiger partial charge in [-0.25, -0.2) is 0 Å². The Morgan fingerprint density at radius 1 is 1.33 bits per heavy atom. The Balaban J connectivity index is 2.04. The molecule has 1 N–H and O–H groups in total. The summed E-state index contributed by atoms with van der Waals surface area (Å²) in [6, 6.07) is 4.59. The van der Waals surface area contributed by atoms with Crippen LogP contribution < -0.4 is 0 Å². The summed E-state index contributed by atoms with van der Waals surface area (Å²) >= 11 is 0. The third kappa shape index (κ3) is 1.04. The summed E-state index contributed by atoms with van der Waals surface area (Å²) in [5.74, 6) is -0.923. The SMILES string of the molecule is CCC1OC23CCCCC2C2(C#N)C(=N)N=C(O3)C12C#N. The first-order chi connectivity index (χ1) is 10.1. The average Bonchev–Trinajstić information content (AvgIpc) is 2.71. The summed E-state index contributed by atoms with van der Waals surface area (Å²) in [7, 11) is 0. The highest BCUT2D eigenvalue weighted by Crippen LogP contribution is 2.69. The van der Waals surface area contributed by atoms with Gasteiger partial charge >= 0.3 is 0 Å². The maximum absolute atomic E-state index is 9.98. The van der Waals surface area contributed by atoms with Gasteiger partial charge in [0, 0.05) is 6.42 Å². The molecule has 0 aromatic carbocycles. The zero-order chi connectivity index (χ0) is 14.9. The van der Waals surface area contributed by atoms with Crippen molar-refractivity contribution in [1.29, 1.82) is 15.9 Å². The molecule has 4 bridgehead atoms. The molecule has 6 nitrogen and oxygen atoms in total. The molecule has 5 aliphatic rings. The van der Waals surface area contributed by atoms with Gasteiger partial charge in [-0.1, -0.05) is 13.3 Å². The summed E-state index contributed by atoms with van der Waals surface area (Å²) in [6.07, 6.45) is 3.52. The molecule has 1 aliphatic carbocycles. The van der Waals surface area contributed by atoms with Crippen molar-refractivity contribution in [2.45, 2.75) is 50.9 Å². The number of amidine groups is 1. The number of nitrogens with one attached hydrogen (secondary N) is 1. The van der Waals surface area contributed by atoms with Crippen LogP contribution in [0, 0.1) is 44.8 Å². The van der Waals surface area contributed by atoms with E-state index in [-0.39, 0.29) is 17.7 Å². The minimum Gasteiger partial charge on any atom is -0.447 e. The van der Waals surface area contributed by atoms with Crippen LogP contribution >= 0.6 is 0 Å². The van der Waals surface area contributed by atoms with Crippen molar-refractivity contribution < 1.29 is 9.47 Å². The molecule has 4 heterocycles. The Morgan fingerprint density at radius 3 is 2.76 bits per heavy atom. The van der Waals surface area contributed by atoms with Gasteiger partial charge in [0.05, 0.1) is 24.2 Å². The molecule has 0 aromatic rings. The minimum absolute atomic E-state index is 0.0166. The summed E-state index contributed by atoms with van der Waals surface area (Å²) in [5.41, 5.74) is -2.47. The molecule has 108 valence electrons. The summed E-state index contributed by atoms with van der Waals surface area (Å²) in [5, 5.41) is 28.2. The van der Waals surface area contributed by atoms with E-state index in [0.717, 1.165) is 19.3 Å². The first kappa shape index (κ1) is 12.8. The van der Waals surface area contributed by atoms with E-state index < -0.39 is 22.7 Å². The number of fused-ring (bicyclic) bond motifs is 1. The first-order valence-electron chi connectivity index (χ1n) is 7.49. The Kier molecular flexibility index (Phi) is 2.22. The highest BCUT2D eigenvalue weighted by Gasteiger charge is 2.83. The lowest BCUT2D eigenvalue weighted by Crippen LogP contribution is -2.75. The zero-order valence-electron chi connectivity index (χ0n) is 11.8. The molecule has 1 spiro atoms. The number of aliphatic imine (C=N–C) groups is 1. The number of hydrogen-bond donors (Lipinski definition) is 1. The number of nitrogens with zero attached hydrogens (tertiary/aromatic N) is 3. The summed E-state index contributed by atoms with van der Waals surface area (Å²) < 4.78 is 12.2. The van der Waals surface area contributed by atoms with E-state index in [2.05, 4.69) is 17.1 Å². The molecular weight excluding hydrogens is 268 g/mol. The van der Waals surface area contributed by atoms with Gasteiger partial charge in [0.25, 0.3) is 0 Å². The van der Waals surface area contributed by atoms with Gasteiger partial charge in [0.1, 0.15) is 5.84 Å². The number of ether oxygens (including phenoxy) is 2. The van der Waals surface area contributed by atoms with Crippen molar-refractivity contribution in [3.05, 3.63) is 0 Å². The first-order valence-corrected chi connectivity index (χ1v) is 7.49. The lowest BCUT2D eigenvalue weighted by Gasteiger charge is -2.63. The molecule has 5 rings (SSSR count). The van der Waals surface area contributed by atoms with Gasteiger partial charge in [0.2, 0.25) is 11.7 Å². The minimum atomic E-state index is -1.25. The van der Waals surface area contributed by atoms with Crippen molar-refractivity contribution in [2.75, 3.05) is 0 Å². The lowest BCUT2D eigenvalue weighted by molar-refractivity contribution is -0.352. The molecule has 3 saturated heterocycles. The van der Waals surface area contributed by atoms with Gasteiger partial charge in [0.15, 0.2) is 10.8 Å². The Hall–Kier alpha value is -1.92. The summed E-state index contributed by atoms with van der Waals surface area (Å²) in [6.45, 7) is 1.94. The van der Waals surface area contributed by atoms with Crippen LogP contribution in [0.15, 0.2) is 4.99 Å². The van der Waals surface area contributed by atoms with Crippen LogP contribution in [-0.2, 0) is 9.47 Å². The maximum Gasteiger partial charge on any atom is 0.218 e. The lowest BCUT2D eigenvalue weighted by atomic mass is 9.49. The maximum atomic E-state index is 9.98. The van der Waals surface area contributed by atoms with Crippen molar-refractivity contribution in [3.63, 3.8) is 0 Å². The van der Waals surface area contributed by atoms with Crippen molar-refractivity contribution in [2.24, 2.45) is 21.7 Å². The van der Waals surface area contributed by atoms with Crippen LogP contribution in [0.1, 0.15) is 39.0 Å². The fourth-order valence-electron chi connectivity index (χ4n) is 4.83. The highest BCUT2D eigenvalue weighted by molar-refractivity contribution is 6.12. The monoisotopic (exact) mass is 284 g/mol. The van der Waals surface area contributed by atoms with E-state index in [4.69, 9.17) is 14.9 Å². The van der Waals surface area contributed by atoms with E-state index in [9.17, 15) is 10.5 Å². The van der Waals surface area contributed by atoms with Crippen molar-refractivity contribution in [3.8, 4) is 12.1 Å². The second kappa shape index (κ2) is 3.64. The molecule has 0 aromatic heterocycles. The predicted octanol–water partition coefficient (Wildman–Crippen LogP) is 2.12. The van der Waals surface area contributed by atoms with E-state index >= 15 is 0 Å². The molecule has 1 saturated carbocycles. The smallest absolute Gasteiger partial charge is 0.218 e. The zero-order valence-corrected chi connectivity index (χ0v) is 11.8. The van der Waals surface area contributed by atoms with E-state index in [0.29, 0.717) is 12.8 Å². The Bertz CT molecular complexity index is 660. The van der Waals surface area contributed by atoms with Crippen LogP contribution in [-0.4, -0.2) is 23.6 Å². The van der Waals surface area contributed by atoms with Gasteiger partial charge in [-0.2, -0.15) is 15.5 Å². The Labute approximate surface area is 122 Å². The Morgan fingerprint density at radius 2 is 2.10 bits per heavy atom. The molecule has 0 radical (unpaired) electrons. The fraction of sp³-hybridized carbons (Fsp3) is 0.733. The molecule has 4 aliphatic heterocycles. The molecule has 4 fully saturated rings. The van der Waals surface area contributed by atoms with Crippen LogP contribution in [0.4, 0.5) is 0 Å². The number of nitriles is 2. The quantitative estimate of drug-likeness (QED) is 0.796. The fourth-order valence-corrected chi connectivity index (χ4v) is 4.83. The molecule has 21 heavy (non-hydrogen) atoms. The third-order valence-electron chi connectivity index (χ3n) is 5.69. The largest absolute Gasteiger partial charge is 0.447 e. The molecule has 0 amide bonds. The summed E-state index contributed by atoms with van der Waals surface area (Å²) in [4.78, 5) is 4.19. The molecule has 6 heteroatoms. The predicted molar refractivity (Wildman–Crippen MR) is 72.2 cm³/mol. The second-order valence-electron chi connectivity index (χ2n) is 6.33. The normalized spacial score (nSPS) is 49.7. The van der Waals surface area contributed by atoms with Gasteiger partial charge in [-0.15, -0.1) is 0 Å². The third-order valence-corrected chi connectivity index (χ3v) is 5.69. The molecular formula is C15H16N4O2. The highest BCUT2D eigenvalue weighted by atomic mass is 16.7. The van der Waals surface area contributed by atoms with Gasteiger partial charge < -0.3 is 9.47 Å². The molecule has 5 atom stereocenters. The van der Waals surface area contributed by atoms with Crippen LogP contribution in [0.2, 0.25) is 0 Å².